The van der Waals surface area contributed by atoms with Crippen molar-refractivity contribution in [2.75, 3.05) is 10.2 Å². The quantitative estimate of drug-likeness (QED) is 0.162. The summed E-state index contributed by atoms with van der Waals surface area (Å²) in [5, 5.41) is 3.02. The normalized spacial score (nSPS) is 22.0. The Kier molecular flexibility index (Phi) is 6.83. The molecule has 1 fully saturated rings. The summed E-state index contributed by atoms with van der Waals surface area (Å²) in [7, 11) is 0. The van der Waals surface area contributed by atoms with Gasteiger partial charge in [0.25, 0.3) is 0 Å². The van der Waals surface area contributed by atoms with E-state index in [9.17, 15) is 18.8 Å². The highest BCUT2D eigenvalue weighted by Gasteiger charge is 2.71. The Bertz CT molecular complexity index is 2010. The Morgan fingerprint density at radius 3 is 2.09 bits per heavy atom. The van der Waals surface area contributed by atoms with Crippen molar-refractivity contribution in [1.29, 1.82) is 0 Å². The molecule has 0 saturated carbocycles. The van der Waals surface area contributed by atoms with Gasteiger partial charge in [-0.25, -0.2) is 9.18 Å². The van der Waals surface area contributed by atoms with Crippen molar-refractivity contribution >= 4 is 35.1 Å². The summed E-state index contributed by atoms with van der Waals surface area (Å²) in [6.45, 7) is 0. The number of ether oxygens (including phenoxy) is 1. The van der Waals surface area contributed by atoms with Gasteiger partial charge in [0.1, 0.15) is 17.3 Å². The van der Waals surface area contributed by atoms with Gasteiger partial charge in [-0.1, -0.05) is 109 Å². The molecule has 0 aromatic heterocycles. The zero-order valence-corrected chi connectivity index (χ0v) is 25.1. The summed E-state index contributed by atoms with van der Waals surface area (Å²) >= 11 is 0. The van der Waals surface area contributed by atoms with Gasteiger partial charge in [0.05, 0.1) is 12.0 Å². The number of esters is 1. The molecule has 0 radical (unpaired) electrons. The minimum atomic E-state index is -1.50. The lowest BCUT2D eigenvalue weighted by molar-refractivity contribution is -0.150. The molecule has 1 N–H and O–H groups in total. The number of para-hydroxylation sites is 2. The maximum Gasteiger partial charge on any atom is 0.330 e. The first-order valence-corrected chi connectivity index (χ1v) is 15.5. The second-order valence-corrected chi connectivity index (χ2v) is 12.1. The molecule has 1 saturated heterocycles. The van der Waals surface area contributed by atoms with Crippen LogP contribution < -0.4 is 10.2 Å². The van der Waals surface area contributed by atoms with Gasteiger partial charge in [-0.05, 0) is 58.7 Å². The minimum Gasteiger partial charge on any atom is -0.451 e. The molecule has 8 rings (SSSR count). The van der Waals surface area contributed by atoms with E-state index < -0.39 is 47.1 Å². The van der Waals surface area contributed by atoms with Crippen LogP contribution in [0.5, 0.6) is 0 Å². The average Bonchev–Trinajstić information content (AvgIpc) is 3.60. The molecule has 3 aliphatic heterocycles. The van der Waals surface area contributed by atoms with Crippen LogP contribution in [0.2, 0.25) is 0 Å². The number of hydrogen-bond donors (Lipinski definition) is 1. The largest absolute Gasteiger partial charge is 0.451 e. The summed E-state index contributed by atoms with van der Waals surface area (Å²) in [5.41, 5.74) is 3.01. The predicted molar refractivity (Wildman–Crippen MR) is 177 cm³/mol. The van der Waals surface area contributed by atoms with E-state index >= 15 is 0 Å². The van der Waals surface area contributed by atoms with Crippen LogP contribution in [0.25, 0.3) is 6.08 Å². The molecule has 230 valence electrons. The number of ketones is 1. The molecule has 47 heavy (non-hydrogen) atoms. The number of hydrogen-bond acceptors (Lipinski definition) is 5. The van der Waals surface area contributed by atoms with E-state index in [1.54, 1.807) is 6.07 Å². The van der Waals surface area contributed by atoms with E-state index in [0.717, 1.165) is 16.7 Å². The van der Waals surface area contributed by atoms with Crippen molar-refractivity contribution < 1.29 is 23.5 Å². The third-order valence-corrected chi connectivity index (χ3v) is 9.63. The van der Waals surface area contributed by atoms with E-state index in [1.165, 1.54) is 24.3 Å². The van der Waals surface area contributed by atoms with Crippen LogP contribution in [0.1, 0.15) is 38.7 Å². The van der Waals surface area contributed by atoms with Crippen LogP contribution in [0, 0.1) is 11.7 Å². The third kappa shape index (κ3) is 4.41. The number of fused-ring (bicyclic) bond motifs is 6. The van der Waals surface area contributed by atoms with Crippen molar-refractivity contribution in [1.82, 2.24) is 0 Å². The highest BCUT2D eigenvalue weighted by atomic mass is 19.1. The molecule has 7 heteroatoms. The van der Waals surface area contributed by atoms with Gasteiger partial charge < -0.3 is 15.0 Å². The van der Waals surface area contributed by atoms with Gasteiger partial charge in [-0.15, -0.1) is 0 Å². The zero-order chi connectivity index (χ0) is 32.1. The van der Waals surface area contributed by atoms with Gasteiger partial charge in [0.2, 0.25) is 5.91 Å². The summed E-state index contributed by atoms with van der Waals surface area (Å²) in [6.07, 6.45) is 3.08. The topological polar surface area (TPSA) is 75.7 Å². The Labute approximate surface area is 271 Å². The molecule has 5 aromatic rings. The van der Waals surface area contributed by atoms with E-state index in [1.807, 2.05) is 120 Å². The number of amides is 1. The second-order valence-electron chi connectivity index (χ2n) is 12.1. The van der Waals surface area contributed by atoms with Crippen LogP contribution in [-0.2, 0) is 19.7 Å². The lowest BCUT2D eigenvalue weighted by atomic mass is 9.64. The molecule has 4 atom stereocenters. The fourth-order valence-electron chi connectivity index (χ4n) is 7.66. The van der Waals surface area contributed by atoms with Crippen molar-refractivity contribution in [2.45, 2.75) is 23.6 Å². The highest BCUT2D eigenvalue weighted by Crippen LogP contribution is 2.58. The maximum atomic E-state index is 15.0. The Balaban J connectivity index is 1.35. The minimum absolute atomic E-state index is 0.200. The molecule has 0 unspecified atom stereocenters. The van der Waals surface area contributed by atoms with Crippen LogP contribution in [-0.4, -0.2) is 29.7 Å². The van der Waals surface area contributed by atoms with E-state index in [0.29, 0.717) is 16.9 Å². The average molecular weight is 621 g/mol. The first-order chi connectivity index (χ1) is 23.0. The predicted octanol–water partition coefficient (Wildman–Crippen LogP) is 7.13. The Morgan fingerprint density at radius 2 is 1.38 bits per heavy atom. The highest BCUT2D eigenvalue weighted by molar-refractivity contribution is 6.16. The summed E-state index contributed by atoms with van der Waals surface area (Å²) in [5.74, 6) is -3.19. The number of halogens is 1. The van der Waals surface area contributed by atoms with Crippen LogP contribution in [0.3, 0.4) is 0 Å². The lowest BCUT2D eigenvalue weighted by Crippen LogP contribution is -2.51. The Morgan fingerprint density at radius 1 is 0.766 bits per heavy atom. The summed E-state index contributed by atoms with van der Waals surface area (Å²) in [4.78, 5) is 46.3. The molecule has 6 nitrogen and oxygen atoms in total. The summed E-state index contributed by atoms with van der Waals surface area (Å²) < 4.78 is 20.6. The molecule has 0 bridgehead atoms. The molecule has 1 amide bonds. The standard InChI is InChI=1S/C40H29FN2O4/c41-29-22-19-26(20-23-29)36(44)34-35(38(45)47-37(27-12-3-1-4-13-27)28-14-5-2-6-15-28)43-32-18-10-7-11-25(32)21-24-33(43)40(34)30-16-8-9-17-31(30)42-39(40)46/h1-24,33-35,37H,(H,42,46)/t33-,34-,35+,40+/m0/s1. The fourth-order valence-corrected chi connectivity index (χ4v) is 7.66. The number of anilines is 2. The van der Waals surface area contributed by atoms with Gasteiger partial charge in [-0.3, -0.25) is 9.59 Å². The first-order valence-electron chi connectivity index (χ1n) is 15.5. The van der Waals surface area contributed by atoms with Gasteiger partial charge >= 0.3 is 5.97 Å². The number of carbonyl (C=O) groups excluding carboxylic acids is 3. The van der Waals surface area contributed by atoms with Crippen molar-refractivity contribution in [2.24, 2.45) is 5.92 Å². The number of nitrogens with one attached hydrogen (secondary N) is 1. The molecular weight excluding hydrogens is 591 g/mol. The zero-order valence-electron chi connectivity index (χ0n) is 25.1. The smallest absolute Gasteiger partial charge is 0.330 e. The number of Topliss-reactive ketones (excluding diaryl/α,β-unsaturated/α-hetero) is 1. The van der Waals surface area contributed by atoms with Crippen LogP contribution in [0.4, 0.5) is 15.8 Å². The monoisotopic (exact) mass is 620 g/mol. The van der Waals surface area contributed by atoms with E-state index in [2.05, 4.69) is 5.32 Å². The molecule has 5 aromatic carbocycles. The molecular formula is C40H29FN2O4. The van der Waals surface area contributed by atoms with Gasteiger partial charge in [0, 0.05) is 16.9 Å². The second kappa shape index (κ2) is 11.2. The summed E-state index contributed by atoms with van der Waals surface area (Å²) in [6, 6.07) is 37.1. The first kappa shape index (κ1) is 28.6. The fraction of sp³-hybridized carbons (Fsp3) is 0.125. The molecule has 3 aliphatic rings. The number of benzene rings is 5. The molecule has 3 heterocycles. The third-order valence-electron chi connectivity index (χ3n) is 9.63. The van der Waals surface area contributed by atoms with Gasteiger partial charge in [0.15, 0.2) is 11.9 Å². The van der Waals surface area contributed by atoms with Crippen molar-refractivity contribution in [3.63, 3.8) is 0 Å². The Hall–Kier alpha value is -5.82. The van der Waals surface area contributed by atoms with Crippen molar-refractivity contribution in [3.8, 4) is 0 Å². The van der Waals surface area contributed by atoms with Crippen molar-refractivity contribution in [3.05, 3.63) is 173 Å². The SMILES string of the molecule is O=C(c1ccc(F)cc1)[C@@H]1[C@H](C(=O)OC(c2ccccc2)c2ccccc2)N2c3ccccc3C=C[C@H]2[C@@]12C(=O)Nc1ccccc12. The molecule has 1 spiro atoms. The maximum absolute atomic E-state index is 15.0. The van der Waals surface area contributed by atoms with E-state index in [-0.39, 0.29) is 11.5 Å². The number of nitrogens with zero attached hydrogens (tertiary/aromatic N) is 1. The van der Waals surface area contributed by atoms with Crippen LogP contribution >= 0.6 is 0 Å². The number of carbonyl (C=O) groups is 3. The number of rotatable bonds is 6. The van der Waals surface area contributed by atoms with Gasteiger partial charge in [-0.2, -0.15) is 0 Å². The van der Waals surface area contributed by atoms with Crippen LogP contribution in [0.15, 0.2) is 140 Å². The lowest BCUT2D eigenvalue weighted by Gasteiger charge is -2.37. The van der Waals surface area contributed by atoms with E-state index in [4.69, 9.17) is 4.74 Å². The molecule has 0 aliphatic carbocycles.